The van der Waals surface area contributed by atoms with Gasteiger partial charge in [0, 0.05) is 0 Å². The number of nitrogens with zero attached hydrogens (tertiary/aromatic N) is 1. The molecule has 0 saturated carbocycles. The first kappa shape index (κ1) is 14.5. The van der Waals surface area contributed by atoms with Crippen LogP contribution in [0.4, 0.5) is 10.1 Å². The second kappa shape index (κ2) is 6.15. The Labute approximate surface area is 132 Å². The molecular weight excluding hydrogens is 299 g/mol. The lowest BCUT2D eigenvalue weighted by molar-refractivity contribution is -0.115. The predicted octanol–water partition coefficient (Wildman–Crippen LogP) is 4.03. The summed E-state index contributed by atoms with van der Waals surface area (Å²) in [4.78, 5) is 16.9. The maximum Gasteiger partial charge on any atom is 0.264 e. The first-order valence-electron chi connectivity index (χ1n) is 6.72. The van der Waals surface area contributed by atoms with Crippen molar-refractivity contribution in [3.63, 3.8) is 0 Å². The number of halogens is 1. The quantitative estimate of drug-likeness (QED) is 0.851. The summed E-state index contributed by atoms with van der Waals surface area (Å²) in [6.07, 6.45) is 1.65. The van der Waals surface area contributed by atoms with Crippen LogP contribution in [0.5, 0.6) is 0 Å². The average molecular weight is 312 g/mol. The van der Waals surface area contributed by atoms with Crippen molar-refractivity contribution in [1.29, 1.82) is 0 Å². The van der Waals surface area contributed by atoms with Crippen molar-refractivity contribution < 1.29 is 9.18 Å². The van der Waals surface area contributed by atoms with E-state index in [0.717, 1.165) is 11.3 Å². The van der Waals surface area contributed by atoms with Gasteiger partial charge in [0.2, 0.25) is 0 Å². The Hall–Kier alpha value is -2.40. The van der Waals surface area contributed by atoms with Crippen LogP contribution in [0.25, 0.3) is 6.08 Å². The largest absolute Gasteiger partial charge is 0.300 e. The zero-order valence-electron chi connectivity index (χ0n) is 11.8. The number of carbonyl (C=O) groups excluding carboxylic acids is 1. The van der Waals surface area contributed by atoms with E-state index in [4.69, 9.17) is 0 Å². The van der Waals surface area contributed by atoms with Gasteiger partial charge in [0.05, 0.1) is 10.6 Å². The molecule has 5 heteroatoms. The summed E-state index contributed by atoms with van der Waals surface area (Å²) in [6.45, 7) is 1.99. The number of thioether (sulfide) groups is 1. The molecular formula is C17H13FN2OS. The van der Waals surface area contributed by atoms with Crippen LogP contribution in [0.1, 0.15) is 11.1 Å². The summed E-state index contributed by atoms with van der Waals surface area (Å²) in [5.74, 6) is -0.549. The minimum absolute atomic E-state index is 0.222. The van der Waals surface area contributed by atoms with Crippen molar-refractivity contribution in [2.24, 2.45) is 4.99 Å². The van der Waals surface area contributed by atoms with Gasteiger partial charge in [0.1, 0.15) is 5.82 Å². The van der Waals surface area contributed by atoms with Gasteiger partial charge < -0.3 is 5.32 Å². The fourth-order valence-corrected chi connectivity index (χ4v) is 2.88. The molecule has 1 saturated heterocycles. The van der Waals surface area contributed by atoms with Gasteiger partial charge >= 0.3 is 0 Å². The predicted molar refractivity (Wildman–Crippen MR) is 88.4 cm³/mol. The first-order valence-corrected chi connectivity index (χ1v) is 7.54. The lowest BCUT2D eigenvalue weighted by Crippen LogP contribution is -2.19. The van der Waals surface area contributed by atoms with Crippen molar-refractivity contribution in [3.8, 4) is 0 Å². The minimum atomic E-state index is -0.327. The van der Waals surface area contributed by atoms with Crippen molar-refractivity contribution >= 4 is 34.6 Å². The monoisotopic (exact) mass is 312 g/mol. The molecule has 0 spiro atoms. The van der Waals surface area contributed by atoms with Crippen LogP contribution in [0.3, 0.4) is 0 Å². The Bertz CT molecular complexity index is 799. The Kier molecular flexibility index (Phi) is 4.06. The van der Waals surface area contributed by atoms with E-state index in [0.29, 0.717) is 15.6 Å². The number of hydrogen-bond donors (Lipinski definition) is 1. The molecule has 0 unspecified atom stereocenters. The third kappa shape index (κ3) is 3.43. The second-order valence-corrected chi connectivity index (χ2v) is 5.91. The molecule has 2 aromatic rings. The number of amidine groups is 1. The van der Waals surface area contributed by atoms with Gasteiger partial charge in [-0.15, -0.1) is 0 Å². The van der Waals surface area contributed by atoms with E-state index >= 15 is 0 Å². The number of amides is 1. The van der Waals surface area contributed by atoms with Gasteiger partial charge in [-0.3, -0.25) is 4.79 Å². The van der Waals surface area contributed by atoms with E-state index in [1.165, 1.54) is 23.9 Å². The molecule has 0 aliphatic carbocycles. The number of benzene rings is 2. The molecule has 1 amide bonds. The fraction of sp³-hybridized carbons (Fsp3) is 0.0588. The van der Waals surface area contributed by atoms with Gasteiger partial charge in [-0.05, 0) is 60.2 Å². The summed E-state index contributed by atoms with van der Waals surface area (Å²) < 4.78 is 13.2. The Morgan fingerprint density at radius 1 is 1.18 bits per heavy atom. The molecule has 0 radical (unpaired) electrons. The van der Waals surface area contributed by atoms with Crippen molar-refractivity contribution in [1.82, 2.24) is 5.32 Å². The van der Waals surface area contributed by atoms with Crippen LogP contribution < -0.4 is 5.32 Å². The fourth-order valence-electron chi connectivity index (χ4n) is 2.04. The molecule has 1 N–H and O–H groups in total. The molecule has 2 aromatic carbocycles. The number of aliphatic imine (C=N–C) groups is 1. The Morgan fingerprint density at radius 3 is 2.77 bits per heavy atom. The summed E-state index contributed by atoms with van der Waals surface area (Å²) in [7, 11) is 0. The van der Waals surface area contributed by atoms with Gasteiger partial charge in [-0.2, -0.15) is 0 Å². The van der Waals surface area contributed by atoms with Gasteiger partial charge in [-0.1, -0.05) is 24.3 Å². The van der Waals surface area contributed by atoms with Crippen LogP contribution in [-0.4, -0.2) is 11.1 Å². The topological polar surface area (TPSA) is 41.5 Å². The summed E-state index contributed by atoms with van der Waals surface area (Å²) in [5, 5.41) is 3.24. The minimum Gasteiger partial charge on any atom is -0.300 e. The normalized spacial score (nSPS) is 18.0. The molecule has 0 atom stereocenters. The smallest absolute Gasteiger partial charge is 0.264 e. The van der Waals surface area contributed by atoms with Crippen molar-refractivity contribution in [3.05, 3.63) is 70.4 Å². The number of rotatable bonds is 2. The van der Waals surface area contributed by atoms with Crippen LogP contribution in [0, 0.1) is 12.7 Å². The van der Waals surface area contributed by atoms with Crippen LogP contribution in [-0.2, 0) is 4.79 Å². The van der Waals surface area contributed by atoms with E-state index in [2.05, 4.69) is 10.3 Å². The third-order valence-electron chi connectivity index (χ3n) is 3.03. The van der Waals surface area contributed by atoms with Crippen LogP contribution >= 0.6 is 11.8 Å². The molecule has 3 rings (SSSR count). The van der Waals surface area contributed by atoms with Crippen LogP contribution in [0.2, 0.25) is 0 Å². The van der Waals surface area contributed by atoms with Crippen molar-refractivity contribution in [2.45, 2.75) is 6.92 Å². The number of aryl methyl sites for hydroxylation is 1. The highest BCUT2D eigenvalue weighted by atomic mass is 32.2. The van der Waals surface area contributed by atoms with E-state index in [-0.39, 0.29) is 11.7 Å². The molecule has 1 aliphatic rings. The van der Waals surface area contributed by atoms with Gasteiger partial charge in [0.25, 0.3) is 5.91 Å². The number of nitrogens with one attached hydrogen (secondary N) is 1. The second-order valence-electron chi connectivity index (χ2n) is 4.88. The molecule has 0 bridgehead atoms. The first-order chi connectivity index (χ1) is 10.6. The summed E-state index contributed by atoms with van der Waals surface area (Å²) in [5.41, 5.74) is 2.54. The van der Waals surface area contributed by atoms with E-state index in [1.807, 2.05) is 31.2 Å². The number of carbonyl (C=O) groups is 1. The molecule has 1 fully saturated rings. The third-order valence-corrected chi connectivity index (χ3v) is 3.94. The van der Waals surface area contributed by atoms with E-state index in [1.54, 1.807) is 18.2 Å². The molecule has 0 aromatic heterocycles. The number of hydrogen-bond acceptors (Lipinski definition) is 3. The molecule has 3 nitrogen and oxygen atoms in total. The molecule has 22 heavy (non-hydrogen) atoms. The Morgan fingerprint density at radius 2 is 2.00 bits per heavy atom. The highest BCUT2D eigenvalue weighted by Crippen LogP contribution is 2.28. The highest BCUT2D eigenvalue weighted by molar-refractivity contribution is 8.18. The summed E-state index contributed by atoms with van der Waals surface area (Å²) >= 11 is 1.25. The van der Waals surface area contributed by atoms with Gasteiger partial charge in [-0.25, -0.2) is 9.38 Å². The maximum atomic E-state index is 13.2. The Balaban J connectivity index is 1.84. The standard InChI is InChI=1S/C17H13FN2OS/c1-11-4-2-7-14(8-11)19-17-20-16(21)15(22-17)10-12-5-3-6-13(18)9-12/h2-10H,1H3,(H,19,20,21). The molecule has 1 aliphatic heterocycles. The summed E-state index contributed by atoms with van der Waals surface area (Å²) in [6, 6.07) is 13.8. The zero-order valence-corrected chi connectivity index (χ0v) is 12.7. The van der Waals surface area contributed by atoms with Crippen molar-refractivity contribution in [2.75, 3.05) is 0 Å². The lowest BCUT2D eigenvalue weighted by atomic mass is 10.2. The van der Waals surface area contributed by atoms with Crippen LogP contribution in [0.15, 0.2) is 58.4 Å². The SMILES string of the molecule is Cc1cccc(N=C2NC(=O)C(=Cc3cccc(F)c3)S2)c1. The zero-order chi connectivity index (χ0) is 15.5. The van der Waals surface area contributed by atoms with E-state index < -0.39 is 0 Å². The van der Waals surface area contributed by atoms with Gasteiger partial charge in [0.15, 0.2) is 5.17 Å². The maximum absolute atomic E-state index is 13.2. The van der Waals surface area contributed by atoms with E-state index in [9.17, 15) is 9.18 Å². The lowest BCUT2D eigenvalue weighted by Gasteiger charge is -1.97. The molecule has 1 heterocycles. The average Bonchev–Trinajstić information content (AvgIpc) is 2.79. The molecule has 110 valence electrons. The highest BCUT2D eigenvalue weighted by Gasteiger charge is 2.23.